The van der Waals surface area contributed by atoms with Crippen LogP contribution in [0.1, 0.15) is 17.5 Å². The van der Waals surface area contributed by atoms with E-state index >= 15 is 0 Å². The summed E-state index contributed by atoms with van der Waals surface area (Å²) in [6.07, 6.45) is 0.0597. The average molecular weight is 451 g/mol. The van der Waals surface area contributed by atoms with Crippen molar-refractivity contribution in [3.8, 4) is 5.75 Å². The van der Waals surface area contributed by atoms with Crippen molar-refractivity contribution in [2.45, 2.75) is 19.1 Å². The molecule has 0 bridgehead atoms. The molecule has 0 fully saturated rings. The molecule has 4 rings (SSSR count). The molecule has 6 nitrogen and oxygen atoms in total. The standard InChI is InChI=1S/C25H23F2N3O3/c1-32-24-9-5-2-6-20(24)23-14-19(33-29-23)16-30(15-17-10-12-18(26)13-11-17)25(31)28-22-8-4-3-7-21(22)27/h2-13,19H,14-16H2,1H3,(H,28,31). The molecule has 0 aliphatic carbocycles. The summed E-state index contributed by atoms with van der Waals surface area (Å²) >= 11 is 0. The number of oxime groups is 1. The van der Waals surface area contributed by atoms with Crippen LogP contribution >= 0.6 is 0 Å². The van der Waals surface area contributed by atoms with Crippen molar-refractivity contribution in [1.29, 1.82) is 0 Å². The molecular weight excluding hydrogens is 428 g/mol. The van der Waals surface area contributed by atoms with Crippen molar-refractivity contribution in [3.05, 3.63) is 95.6 Å². The molecule has 1 unspecified atom stereocenters. The van der Waals surface area contributed by atoms with E-state index in [9.17, 15) is 13.6 Å². The van der Waals surface area contributed by atoms with E-state index < -0.39 is 18.0 Å². The predicted molar refractivity (Wildman–Crippen MR) is 121 cm³/mol. The number of carbonyl (C=O) groups excluding carboxylic acids is 1. The maximum atomic E-state index is 14.1. The van der Waals surface area contributed by atoms with Gasteiger partial charge in [-0.15, -0.1) is 0 Å². The third-order valence-electron chi connectivity index (χ3n) is 5.26. The second-order valence-corrected chi connectivity index (χ2v) is 7.59. The number of nitrogens with one attached hydrogen (secondary N) is 1. The van der Waals surface area contributed by atoms with Crippen molar-refractivity contribution in [1.82, 2.24) is 4.90 Å². The number of hydrogen-bond acceptors (Lipinski definition) is 4. The summed E-state index contributed by atoms with van der Waals surface area (Å²) in [6, 6.07) is 18.8. The van der Waals surface area contributed by atoms with E-state index in [0.717, 1.165) is 11.1 Å². The first-order chi connectivity index (χ1) is 16.0. The van der Waals surface area contributed by atoms with Crippen molar-refractivity contribution in [2.24, 2.45) is 5.16 Å². The SMILES string of the molecule is COc1ccccc1C1=NOC(CN(Cc2ccc(F)cc2)C(=O)Nc2ccccc2F)C1. The molecule has 0 saturated carbocycles. The summed E-state index contributed by atoms with van der Waals surface area (Å²) in [5.41, 5.74) is 2.34. The molecule has 1 aliphatic rings. The molecular formula is C25H23F2N3O3. The van der Waals surface area contributed by atoms with E-state index in [1.54, 1.807) is 31.4 Å². The lowest BCUT2D eigenvalue weighted by atomic mass is 10.0. The first-order valence-electron chi connectivity index (χ1n) is 10.4. The van der Waals surface area contributed by atoms with Gasteiger partial charge in [0.25, 0.3) is 0 Å². The molecule has 3 aromatic rings. The molecule has 0 aromatic heterocycles. The average Bonchev–Trinajstić information content (AvgIpc) is 3.30. The van der Waals surface area contributed by atoms with Gasteiger partial charge in [-0.05, 0) is 42.0 Å². The molecule has 0 saturated heterocycles. The molecule has 0 radical (unpaired) electrons. The zero-order chi connectivity index (χ0) is 23.2. The minimum Gasteiger partial charge on any atom is -0.496 e. The number of nitrogens with zero attached hydrogens (tertiary/aromatic N) is 2. The van der Waals surface area contributed by atoms with Crippen LogP contribution in [-0.4, -0.2) is 36.4 Å². The number of halogens is 2. The van der Waals surface area contributed by atoms with Gasteiger partial charge in [0.1, 0.15) is 17.4 Å². The number of methoxy groups -OCH3 is 1. The Balaban J connectivity index is 1.49. The van der Waals surface area contributed by atoms with Crippen LogP contribution in [0.5, 0.6) is 5.75 Å². The van der Waals surface area contributed by atoms with Crippen LogP contribution in [-0.2, 0) is 11.4 Å². The summed E-state index contributed by atoms with van der Waals surface area (Å²) in [4.78, 5) is 20.1. The van der Waals surface area contributed by atoms with Crippen molar-refractivity contribution < 1.29 is 23.1 Å². The first kappa shape index (κ1) is 22.3. The zero-order valence-corrected chi connectivity index (χ0v) is 18.0. The van der Waals surface area contributed by atoms with E-state index in [4.69, 9.17) is 9.57 Å². The van der Waals surface area contributed by atoms with Crippen molar-refractivity contribution in [2.75, 3.05) is 19.0 Å². The summed E-state index contributed by atoms with van der Waals surface area (Å²) in [5.74, 6) is -0.220. The second kappa shape index (κ2) is 10.1. The van der Waals surface area contributed by atoms with Gasteiger partial charge in [0.15, 0.2) is 6.10 Å². The number of carbonyl (C=O) groups is 1. The Hall–Kier alpha value is -3.94. The number of hydrogen-bond donors (Lipinski definition) is 1. The Kier molecular flexibility index (Phi) is 6.83. The number of ether oxygens (including phenoxy) is 1. The van der Waals surface area contributed by atoms with E-state index in [1.807, 2.05) is 24.3 Å². The molecule has 0 spiro atoms. The Labute approximate surface area is 190 Å². The van der Waals surface area contributed by atoms with Crippen molar-refractivity contribution >= 4 is 17.4 Å². The number of para-hydroxylation sites is 2. The Morgan fingerprint density at radius 2 is 1.82 bits per heavy atom. The highest BCUT2D eigenvalue weighted by atomic mass is 19.1. The monoisotopic (exact) mass is 451 g/mol. The minimum atomic E-state index is -0.536. The summed E-state index contributed by atoms with van der Waals surface area (Å²) < 4.78 is 32.8. The molecule has 1 aliphatic heterocycles. The summed E-state index contributed by atoms with van der Waals surface area (Å²) in [5, 5.41) is 6.80. The smallest absolute Gasteiger partial charge is 0.322 e. The third kappa shape index (κ3) is 5.46. The number of benzene rings is 3. The molecule has 33 heavy (non-hydrogen) atoms. The maximum absolute atomic E-state index is 14.1. The van der Waals surface area contributed by atoms with E-state index in [-0.39, 0.29) is 24.6 Å². The number of urea groups is 1. The third-order valence-corrected chi connectivity index (χ3v) is 5.26. The van der Waals surface area contributed by atoms with Crippen LogP contribution in [0.25, 0.3) is 0 Å². The fourth-order valence-electron chi connectivity index (χ4n) is 3.60. The number of amides is 2. The first-order valence-corrected chi connectivity index (χ1v) is 10.4. The highest BCUT2D eigenvalue weighted by Gasteiger charge is 2.28. The molecule has 1 N–H and O–H groups in total. The van der Waals surface area contributed by atoms with Gasteiger partial charge in [0.05, 0.1) is 25.1 Å². The van der Waals surface area contributed by atoms with Crippen LogP contribution in [0.4, 0.5) is 19.3 Å². The minimum absolute atomic E-state index is 0.0740. The number of anilines is 1. The van der Waals surface area contributed by atoms with E-state index in [0.29, 0.717) is 17.9 Å². The lowest BCUT2D eigenvalue weighted by molar-refractivity contribution is 0.0608. The summed E-state index contributed by atoms with van der Waals surface area (Å²) in [6.45, 7) is 0.379. The summed E-state index contributed by atoms with van der Waals surface area (Å²) in [7, 11) is 1.59. The van der Waals surface area contributed by atoms with Gasteiger partial charge in [-0.1, -0.05) is 41.6 Å². The fourth-order valence-corrected chi connectivity index (χ4v) is 3.60. The van der Waals surface area contributed by atoms with Gasteiger partial charge >= 0.3 is 6.03 Å². The van der Waals surface area contributed by atoms with Crippen LogP contribution < -0.4 is 10.1 Å². The molecule has 1 atom stereocenters. The van der Waals surface area contributed by atoms with Crippen LogP contribution in [0.2, 0.25) is 0 Å². The normalized spacial score (nSPS) is 14.9. The van der Waals surface area contributed by atoms with E-state index in [2.05, 4.69) is 10.5 Å². The topological polar surface area (TPSA) is 63.2 Å². The van der Waals surface area contributed by atoms with E-state index in [1.165, 1.54) is 29.2 Å². The van der Waals surface area contributed by atoms with Crippen LogP contribution in [0, 0.1) is 11.6 Å². The van der Waals surface area contributed by atoms with Gasteiger partial charge in [0, 0.05) is 18.5 Å². The van der Waals surface area contributed by atoms with Gasteiger partial charge in [-0.2, -0.15) is 0 Å². The Bertz CT molecular complexity index is 1150. The molecule has 3 aromatic carbocycles. The Morgan fingerprint density at radius 3 is 2.58 bits per heavy atom. The number of rotatable bonds is 7. The quantitative estimate of drug-likeness (QED) is 0.537. The lowest BCUT2D eigenvalue weighted by Gasteiger charge is -2.25. The molecule has 170 valence electrons. The van der Waals surface area contributed by atoms with Crippen LogP contribution in [0.15, 0.2) is 78.0 Å². The van der Waals surface area contributed by atoms with Gasteiger partial charge in [0.2, 0.25) is 0 Å². The molecule has 2 amide bonds. The van der Waals surface area contributed by atoms with Crippen molar-refractivity contribution in [3.63, 3.8) is 0 Å². The Morgan fingerprint density at radius 1 is 1.09 bits per heavy atom. The van der Waals surface area contributed by atoms with Gasteiger partial charge in [-0.25, -0.2) is 13.6 Å². The molecule has 8 heteroatoms. The van der Waals surface area contributed by atoms with Gasteiger partial charge < -0.3 is 19.8 Å². The predicted octanol–water partition coefficient (Wildman–Crippen LogP) is 5.20. The largest absolute Gasteiger partial charge is 0.496 e. The van der Waals surface area contributed by atoms with Gasteiger partial charge in [-0.3, -0.25) is 0 Å². The highest BCUT2D eigenvalue weighted by molar-refractivity contribution is 6.03. The fraction of sp³-hybridized carbons (Fsp3) is 0.200. The van der Waals surface area contributed by atoms with Crippen LogP contribution in [0.3, 0.4) is 0 Å². The maximum Gasteiger partial charge on any atom is 0.322 e. The highest BCUT2D eigenvalue weighted by Crippen LogP contribution is 2.25. The second-order valence-electron chi connectivity index (χ2n) is 7.59. The lowest BCUT2D eigenvalue weighted by Crippen LogP contribution is -2.40. The zero-order valence-electron chi connectivity index (χ0n) is 18.0. The molecule has 1 heterocycles.